The summed E-state index contributed by atoms with van der Waals surface area (Å²) in [7, 11) is 0. The topological polar surface area (TPSA) is 27.7 Å². The van der Waals surface area contributed by atoms with Crippen molar-refractivity contribution < 1.29 is 4.74 Å². The average Bonchev–Trinajstić information content (AvgIpc) is 3.05. The van der Waals surface area contributed by atoms with Crippen molar-refractivity contribution in [1.82, 2.24) is 15.1 Å². The minimum Gasteiger partial charge on any atom is -0.489 e. The van der Waals surface area contributed by atoms with Gasteiger partial charge >= 0.3 is 0 Å². The Bertz CT molecular complexity index is 466. The Hall–Kier alpha value is -0.520. The molecule has 6 heteroatoms. The van der Waals surface area contributed by atoms with Gasteiger partial charge in [-0.2, -0.15) is 0 Å². The van der Waals surface area contributed by atoms with Gasteiger partial charge in [0.05, 0.1) is 10.0 Å². The highest BCUT2D eigenvalue weighted by atomic mass is 35.5. The van der Waals surface area contributed by atoms with Gasteiger partial charge in [-0.1, -0.05) is 29.3 Å². The Morgan fingerprint density at radius 1 is 1.14 bits per heavy atom. The molecular weight excluding hydrogens is 321 g/mol. The van der Waals surface area contributed by atoms with Crippen LogP contribution in [0.5, 0.6) is 5.75 Å². The fourth-order valence-corrected chi connectivity index (χ4v) is 3.71. The van der Waals surface area contributed by atoms with Crippen molar-refractivity contribution in [2.45, 2.75) is 12.5 Å². The number of nitrogens with zero attached hydrogens (tertiary/aromatic N) is 2. The SMILES string of the molecule is Clc1cccc(Cl)c1OCCN1CCN(C2CCNC2)CC1. The van der Waals surface area contributed by atoms with E-state index in [2.05, 4.69) is 15.1 Å². The van der Waals surface area contributed by atoms with Crippen LogP contribution in [-0.4, -0.2) is 68.3 Å². The molecule has 4 nitrogen and oxygen atoms in total. The molecule has 0 radical (unpaired) electrons. The van der Waals surface area contributed by atoms with Crippen LogP contribution >= 0.6 is 23.2 Å². The van der Waals surface area contributed by atoms with Crippen LogP contribution in [0.15, 0.2) is 18.2 Å². The van der Waals surface area contributed by atoms with E-state index in [0.29, 0.717) is 22.4 Å². The van der Waals surface area contributed by atoms with Crippen LogP contribution < -0.4 is 10.1 Å². The number of hydrogen-bond donors (Lipinski definition) is 1. The third-order valence-electron chi connectivity index (χ3n) is 4.53. The van der Waals surface area contributed by atoms with Crippen molar-refractivity contribution in [3.63, 3.8) is 0 Å². The predicted octanol–water partition coefficient (Wildman–Crippen LogP) is 2.35. The van der Waals surface area contributed by atoms with E-state index in [9.17, 15) is 0 Å². The zero-order valence-electron chi connectivity index (χ0n) is 12.7. The molecule has 22 heavy (non-hydrogen) atoms. The van der Waals surface area contributed by atoms with Crippen molar-refractivity contribution in [3.05, 3.63) is 28.2 Å². The first-order valence-electron chi connectivity index (χ1n) is 7.98. The molecule has 2 aliphatic heterocycles. The fraction of sp³-hybridized carbons (Fsp3) is 0.625. The summed E-state index contributed by atoms with van der Waals surface area (Å²) >= 11 is 12.2. The maximum atomic E-state index is 6.11. The van der Waals surface area contributed by atoms with Gasteiger partial charge in [0, 0.05) is 45.3 Å². The Labute approximate surface area is 142 Å². The van der Waals surface area contributed by atoms with Crippen molar-refractivity contribution in [2.24, 2.45) is 0 Å². The van der Waals surface area contributed by atoms with E-state index in [-0.39, 0.29) is 0 Å². The molecule has 2 saturated heterocycles. The van der Waals surface area contributed by atoms with E-state index in [4.69, 9.17) is 27.9 Å². The zero-order valence-corrected chi connectivity index (χ0v) is 14.2. The largest absolute Gasteiger partial charge is 0.489 e. The van der Waals surface area contributed by atoms with Crippen molar-refractivity contribution in [3.8, 4) is 5.75 Å². The Balaban J connectivity index is 1.40. The highest BCUT2D eigenvalue weighted by molar-refractivity contribution is 6.37. The second-order valence-electron chi connectivity index (χ2n) is 5.92. The predicted molar refractivity (Wildman–Crippen MR) is 91.2 cm³/mol. The quantitative estimate of drug-likeness (QED) is 0.888. The first kappa shape index (κ1) is 16.3. The summed E-state index contributed by atoms with van der Waals surface area (Å²) in [5.74, 6) is 0.599. The normalized spacial score (nSPS) is 23.8. The number of hydrogen-bond acceptors (Lipinski definition) is 4. The minimum absolute atomic E-state index is 0.575. The third-order valence-corrected chi connectivity index (χ3v) is 5.13. The lowest BCUT2D eigenvalue weighted by Crippen LogP contribution is -2.51. The van der Waals surface area contributed by atoms with Gasteiger partial charge in [0.1, 0.15) is 6.61 Å². The standard InChI is InChI=1S/C16H23Cl2N3O/c17-14-2-1-3-15(18)16(14)22-11-10-20-6-8-21(9-7-20)13-4-5-19-12-13/h1-3,13,19H,4-12H2. The number of rotatable bonds is 5. The monoisotopic (exact) mass is 343 g/mol. The van der Waals surface area contributed by atoms with E-state index >= 15 is 0 Å². The molecule has 2 heterocycles. The van der Waals surface area contributed by atoms with Crippen LogP contribution in [-0.2, 0) is 0 Å². The average molecular weight is 344 g/mol. The van der Waals surface area contributed by atoms with Crippen LogP contribution in [0.1, 0.15) is 6.42 Å². The zero-order chi connectivity index (χ0) is 15.4. The number of nitrogens with one attached hydrogen (secondary N) is 1. The molecule has 0 aromatic heterocycles. The lowest BCUT2D eigenvalue weighted by atomic mass is 10.2. The van der Waals surface area contributed by atoms with Crippen LogP contribution in [0.25, 0.3) is 0 Å². The lowest BCUT2D eigenvalue weighted by molar-refractivity contribution is 0.0921. The van der Waals surface area contributed by atoms with E-state index in [1.165, 1.54) is 6.42 Å². The number of para-hydroxylation sites is 1. The lowest BCUT2D eigenvalue weighted by Gasteiger charge is -2.37. The summed E-state index contributed by atoms with van der Waals surface area (Å²) in [4.78, 5) is 5.06. The van der Waals surface area contributed by atoms with Crippen LogP contribution in [0.2, 0.25) is 10.0 Å². The van der Waals surface area contributed by atoms with Crippen LogP contribution in [0, 0.1) is 0 Å². The Morgan fingerprint density at radius 3 is 2.50 bits per heavy atom. The van der Waals surface area contributed by atoms with E-state index in [1.807, 2.05) is 6.07 Å². The molecular formula is C16H23Cl2N3O. The summed E-state index contributed by atoms with van der Waals surface area (Å²) in [5, 5.41) is 4.59. The fourth-order valence-electron chi connectivity index (χ4n) is 3.20. The molecule has 1 aromatic carbocycles. The summed E-state index contributed by atoms with van der Waals surface area (Å²) in [6, 6.07) is 6.17. The molecule has 2 fully saturated rings. The summed E-state index contributed by atoms with van der Waals surface area (Å²) in [5.41, 5.74) is 0. The Kier molecular flexibility index (Phi) is 5.83. The first-order valence-corrected chi connectivity index (χ1v) is 8.73. The van der Waals surface area contributed by atoms with Crippen LogP contribution in [0.3, 0.4) is 0 Å². The van der Waals surface area contributed by atoms with Gasteiger partial charge in [0.2, 0.25) is 0 Å². The van der Waals surface area contributed by atoms with Crippen molar-refractivity contribution in [2.75, 3.05) is 52.4 Å². The molecule has 1 N–H and O–H groups in total. The van der Waals surface area contributed by atoms with Gasteiger partial charge in [0.15, 0.2) is 5.75 Å². The summed E-state index contributed by atoms with van der Waals surface area (Å²) in [6.45, 7) is 8.36. The minimum atomic E-state index is 0.575. The molecule has 0 aliphatic carbocycles. The summed E-state index contributed by atoms with van der Waals surface area (Å²) in [6.07, 6.45) is 1.29. The third kappa shape index (κ3) is 4.06. The molecule has 1 aromatic rings. The second kappa shape index (κ2) is 7.84. The first-order chi connectivity index (χ1) is 10.7. The number of halogens is 2. The Morgan fingerprint density at radius 2 is 1.86 bits per heavy atom. The number of piperazine rings is 1. The van der Waals surface area contributed by atoms with Crippen LogP contribution in [0.4, 0.5) is 0 Å². The van der Waals surface area contributed by atoms with Gasteiger partial charge in [-0.3, -0.25) is 9.80 Å². The maximum Gasteiger partial charge on any atom is 0.156 e. The molecule has 2 aliphatic rings. The second-order valence-corrected chi connectivity index (χ2v) is 6.74. The molecule has 1 atom stereocenters. The maximum absolute atomic E-state index is 6.11. The molecule has 3 rings (SSSR count). The van der Waals surface area contributed by atoms with Crippen molar-refractivity contribution >= 4 is 23.2 Å². The number of benzene rings is 1. The smallest absolute Gasteiger partial charge is 0.156 e. The molecule has 0 bridgehead atoms. The molecule has 0 amide bonds. The molecule has 0 saturated carbocycles. The van der Waals surface area contributed by atoms with Gasteiger partial charge < -0.3 is 10.1 Å². The summed E-state index contributed by atoms with van der Waals surface area (Å²) < 4.78 is 5.77. The van der Waals surface area contributed by atoms with E-state index < -0.39 is 0 Å². The van der Waals surface area contributed by atoms with Gasteiger partial charge in [-0.05, 0) is 25.1 Å². The van der Waals surface area contributed by atoms with Gasteiger partial charge in [0.25, 0.3) is 0 Å². The van der Waals surface area contributed by atoms with Crippen molar-refractivity contribution in [1.29, 1.82) is 0 Å². The molecule has 122 valence electrons. The molecule has 1 unspecified atom stereocenters. The highest BCUT2D eigenvalue weighted by Crippen LogP contribution is 2.32. The molecule has 0 spiro atoms. The highest BCUT2D eigenvalue weighted by Gasteiger charge is 2.25. The van der Waals surface area contributed by atoms with E-state index in [0.717, 1.165) is 51.9 Å². The van der Waals surface area contributed by atoms with Gasteiger partial charge in [-0.25, -0.2) is 0 Å². The van der Waals surface area contributed by atoms with E-state index in [1.54, 1.807) is 12.1 Å². The van der Waals surface area contributed by atoms with Gasteiger partial charge in [-0.15, -0.1) is 0 Å². The number of ether oxygens (including phenoxy) is 1.